The van der Waals surface area contributed by atoms with Crippen molar-refractivity contribution in [3.63, 3.8) is 0 Å². The summed E-state index contributed by atoms with van der Waals surface area (Å²) in [5.41, 5.74) is 1.90. The van der Waals surface area contributed by atoms with Crippen LogP contribution >= 0.6 is 0 Å². The van der Waals surface area contributed by atoms with E-state index in [1.165, 1.54) is 5.56 Å². The van der Waals surface area contributed by atoms with Crippen molar-refractivity contribution in [3.8, 4) is 0 Å². The number of nitrogens with zero attached hydrogens (tertiary/aromatic N) is 1. The molecule has 6 nitrogen and oxygen atoms in total. The van der Waals surface area contributed by atoms with Crippen molar-refractivity contribution in [2.24, 2.45) is 0 Å². The average Bonchev–Trinajstić information content (AvgIpc) is 2.56. The largest absolute Gasteiger partial charge is 0.362 e. The molecule has 2 aromatic rings. The minimum absolute atomic E-state index is 0.193. The van der Waals surface area contributed by atoms with Gasteiger partial charge in [-0.2, -0.15) is 0 Å². The van der Waals surface area contributed by atoms with Gasteiger partial charge in [0.25, 0.3) is 5.91 Å². The number of nitrogens with one attached hydrogen (secondary N) is 2. The number of pyridine rings is 1. The van der Waals surface area contributed by atoms with Crippen molar-refractivity contribution in [2.75, 3.05) is 23.8 Å². The first-order valence-electron chi connectivity index (χ1n) is 7.73. The zero-order valence-corrected chi connectivity index (χ0v) is 13.8. The maximum Gasteiger partial charge on any atom is 0.251 e. The first-order valence-corrected chi connectivity index (χ1v) is 7.73. The second-order valence-electron chi connectivity index (χ2n) is 5.58. The van der Waals surface area contributed by atoms with Gasteiger partial charge in [0.05, 0.1) is 0 Å². The fourth-order valence-electron chi connectivity index (χ4n) is 2.00. The van der Waals surface area contributed by atoms with Crippen LogP contribution in [0.15, 0.2) is 48.7 Å². The lowest BCUT2D eigenvalue weighted by Crippen LogP contribution is -2.24. The molecule has 1 heterocycles. The Hall–Kier alpha value is -2.73. The van der Waals surface area contributed by atoms with Crippen LogP contribution in [0.5, 0.6) is 0 Å². The summed E-state index contributed by atoms with van der Waals surface area (Å²) in [7, 11) is 0. The van der Waals surface area contributed by atoms with E-state index in [1.54, 1.807) is 24.4 Å². The average molecular weight is 327 g/mol. The molecule has 0 saturated heterocycles. The van der Waals surface area contributed by atoms with Crippen molar-refractivity contribution < 1.29 is 14.3 Å². The minimum atomic E-state index is -0.359. The van der Waals surface area contributed by atoms with E-state index < -0.39 is 0 Å². The van der Waals surface area contributed by atoms with Gasteiger partial charge in [0.15, 0.2) is 0 Å². The number of ether oxygens (including phenoxy) is 1. The standard InChI is InChI=1S/C18H21N3O3/c1-13(2)14-6-8-15(9-7-14)20-17(22)11-24-12-18(23)21-16-5-3-4-10-19-16/h3-10,13H,11-12H2,1-2H3,(H,20,22)(H,19,21,23). The van der Waals surface area contributed by atoms with E-state index >= 15 is 0 Å². The molecule has 6 heteroatoms. The molecule has 1 aromatic carbocycles. The number of aromatic nitrogens is 1. The van der Waals surface area contributed by atoms with Crippen LogP contribution in [0.3, 0.4) is 0 Å². The molecule has 0 fully saturated rings. The van der Waals surface area contributed by atoms with E-state index in [-0.39, 0.29) is 25.0 Å². The van der Waals surface area contributed by atoms with Gasteiger partial charge >= 0.3 is 0 Å². The van der Waals surface area contributed by atoms with E-state index in [9.17, 15) is 9.59 Å². The Bertz CT molecular complexity index is 670. The molecule has 126 valence electrons. The third-order valence-electron chi connectivity index (χ3n) is 3.26. The molecule has 2 rings (SSSR count). The van der Waals surface area contributed by atoms with E-state index in [2.05, 4.69) is 29.5 Å². The molecule has 2 amide bonds. The summed E-state index contributed by atoms with van der Waals surface area (Å²) in [6.45, 7) is 3.81. The van der Waals surface area contributed by atoms with Crippen LogP contribution in [0.4, 0.5) is 11.5 Å². The van der Waals surface area contributed by atoms with E-state index in [4.69, 9.17) is 4.74 Å². The maximum absolute atomic E-state index is 11.8. The Labute approximate surface area is 141 Å². The highest BCUT2D eigenvalue weighted by atomic mass is 16.5. The summed E-state index contributed by atoms with van der Waals surface area (Å²) in [6, 6.07) is 12.8. The van der Waals surface area contributed by atoms with Crippen molar-refractivity contribution >= 4 is 23.3 Å². The monoisotopic (exact) mass is 327 g/mol. The lowest BCUT2D eigenvalue weighted by molar-refractivity contribution is -0.125. The number of benzene rings is 1. The molecule has 24 heavy (non-hydrogen) atoms. The summed E-state index contributed by atoms with van der Waals surface area (Å²) in [5.74, 6) is 0.220. The number of anilines is 2. The van der Waals surface area contributed by atoms with Crippen molar-refractivity contribution in [1.29, 1.82) is 0 Å². The van der Waals surface area contributed by atoms with E-state index in [0.717, 1.165) is 0 Å². The van der Waals surface area contributed by atoms with Gasteiger partial charge in [-0.25, -0.2) is 4.98 Å². The second kappa shape index (κ2) is 8.79. The van der Waals surface area contributed by atoms with Crippen LogP contribution in [-0.4, -0.2) is 30.0 Å². The molecule has 0 atom stereocenters. The van der Waals surface area contributed by atoms with Gasteiger partial charge in [0, 0.05) is 11.9 Å². The van der Waals surface area contributed by atoms with Crippen LogP contribution in [0, 0.1) is 0 Å². The smallest absolute Gasteiger partial charge is 0.251 e. The Morgan fingerprint density at radius 3 is 2.25 bits per heavy atom. The molecule has 0 bridgehead atoms. The van der Waals surface area contributed by atoms with Gasteiger partial charge in [0.1, 0.15) is 19.0 Å². The molecule has 2 N–H and O–H groups in total. The van der Waals surface area contributed by atoms with Gasteiger partial charge in [-0.1, -0.05) is 32.0 Å². The van der Waals surface area contributed by atoms with Crippen LogP contribution in [0.1, 0.15) is 25.3 Å². The molecule has 0 aliphatic rings. The third kappa shape index (κ3) is 5.81. The fourth-order valence-corrected chi connectivity index (χ4v) is 2.00. The number of amides is 2. The van der Waals surface area contributed by atoms with Gasteiger partial charge in [0.2, 0.25) is 5.91 Å². The van der Waals surface area contributed by atoms with Crippen LogP contribution in [0.25, 0.3) is 0 Å². The Balaban J connectivity index is 1.70. The second-order valence-corrected chi connectivity index (χ2v) is 5.58. The summed E-state index contributed by atoms with van der Waals surface area (Å²) in [6.07, 6.45) is 1.58. The molecule has 0 radical (unpaired) electrons. The van der Waals surface area contributed by atoms with Crippen molar-refractivity contribution in [2.45, 2.75) is 19.8 Å². The molecule has 0 saturated carbocycles. The zero-order chi connectivity index (χ0) is 17.4. The highest BCUT2D eigenvalue weighted by molar-refractivity contribution is 5.93. The zero-order valence-electron chi connectivity index (χ0n) is 13.8. The van der Waals surface area contributed by atoms with Crippen molar-refractivity contribution in [1.82, 2.24) is 4.98 Å². The number of carbonyl (C=O) groups excluding carboxylic acids is 2. The van der Waals surface area contributed by atoms with Gasteiger partial charge in [-0.05, 0) is 35.7 Å². The maximum atomic E-state index is 11.8. The normalized spacial score (nSPS) is 10.5. The topological polar surface area (TPSA) is 80.3 Å². The molecule has 1 aromatic heterocycles. The molecule has 0 unspecified atom stereocenters. The molecular formula is C18H21N3O3. The van der Waals surface area contributed by atoms with Crippen molar-refractivity contribution in [3.05, 3.63) is 54.2 Å². The first kappa shape index (κ1) is 17.6. The van der Waals surface area contributed by atoms with E-state index in [0.29, 0.717) is 17.4 Å². The first-order chi connectivity index (χ1) is 11.5. The molecular weight excluding hydrogens is 306 g/mol. The molecule has 0 aliphatic heterocycles. The number of hydrogen-bond donors (Lipinski definition) is 2. The van der Waals surface area contributed by atoms with Crippen LogP contribution in [0.2, 0.25) is 0 Å². The Morgan fingerprint density at radius 1 is 1.00 bits per heavy atom. The Kier molecular flexibility index (Phi) is 6.45. The summed E-state index contributed by atoms with van der Waals surface area (Å²) >= 11 is 0. The lowest BCUT2D eigenvalue weighted by Gasteiger charge is -2.09. The quantitative estimate of drug-likeness (QED) is 0.819. The van der Waals surface area contributed by atoms with E-state index in [1.807, 2.05) is 24.3 Å². The van der Waals surface area contributed by atoms with Gasteiger partial charge < -0.3 is 15.4 Å². The minimum Gasteiger partial charge on any atom is -0.362 e. The van der Waals surface area contributed by atoms with Crippen LogP contribution < -0.4 is 10.6 Å². The molecule has 0 spiro atoms. The molecule has 0 aliphatic carbocycles. The van der Waals surface area contributed by atoms with Gasteiger partial charge in [-0.15, -0.1) is 0 Å². The summed E-state index contributed by atoms with van der Waals surface area (Å²) < 4.78 is 5.11. The highest BCUT2D eigenvalue weighted by Gasteiger charge is 2.07. The number of rotatable bonds is 7. The third-order valence-corrected chi connectivity index (χ3v) is 3.26. The SMILES string of the molecule is CC(C)c1ccc(NC(=O)COCC(=O)Nc2ccccn2)cc1. The summed E-state index contributed by atoms with van der Waals surface area (Å²) in [4.78, 5) is 27.4. The predicted octanol–water partition coefficient (Wildman–Crippen LogP) is 2.80. The number of carbonyl (C=O) groups is 2. The lowest BCUT2D eigenvalue weighted by atomic mass is 10.0. The number of hydrogen-bond acceptors (Lipinski definition) is 4. The fraction of sp³-hybridized carbons (Fsp3) is 0.278. The highest BCUT2D eigenvalue weighted by Crippen LogP contribution is 2.16. The predicted molar refractivity (Wildman–Crippen MR) is 92.8 cm³/mol. The Morgan fingerprint density at radius 2 is 1.67 bits per heavy atom. The van der Waals surface area contributed by atoms with Gasteiger partial charge in [-0.3, -0.25) is 9.59 Å². The van der Waals surface area contributed by atoms with Crippen LogP contribution in [-0.2, 0) is 14.3 Å². The summed E-state index contributed by atoms with van der Waals surface area (Å²) in [5, 5.41) is 5.30.